The van der Waals surface area contributed by atoms with E-state index < -0.39 is 11.3 Å². The van der Waals surface area contributed by atoms with Crippen LogP contribution in [-0.4, -0.2) is 17.5 Å². The van der Waals surface area contributed by atoms with Crippen molar-refractivity contribution in [3.05, 3.63) is 29.6 Å². The Bertz CT molecular complexity index is 351. The second-order valence-corrected chi connectivity index (χ2v) is 4.41. The Balaban J connectivity index is 2.25. The number of aryl methyl sites for hydroxylation is 1. The van der Waals surface area contributed by atoms with Gasteiger partial charge in [0.15, 0.2) is 0 Å². The number of hydrogen-bond donors (Lipinski definition) is 1. The largest absolute Gasteiger partial charge is 0.330 e. The van der Waals surface area contributed by atoms with Crippen LogP contribution in [0.25, 0.3) is 0 Å². The Kier molecular flexibility index (Phi) is 2.26. The van der Waals surface area contributed by atoms with Gasteiger partial charge in [0.2, 0.25) is 5.92 Å². The van der Waals surface area contributed by atoms with E-state index in [1.807, 2.05) is 13.0 Å². The standard InChI is InChI=1S/C11H14F2N2/c1-8-2-3-9(15-4-8)10(7-14)5-11(12,13)6-10/h2-4H,5-7,14H2,1H3. The van der Waals surface area contributed by atoms with E-state index >= 15 is 0 Å². The van der Waals surface area contributed by atoms with Crippen LogP contribution in [0.1, 0.15) is 24.1 Å². The normalized spacial score (nSPS) is 22.1. The zero-order chi connectivity index (χ0) is 11.1. The van der Waals surface area contributed by atoms with Crippen LogP contribution < -0.4 is 5.73 Å². The third-order valence-electron chi connectivity index (χ3n) is 3.04. The molecule has 82 valence electrons. The Labute approximate surface area is 87.5 Å². The molecule has 0 aliphatic heterocycles. The van der Waals surface area contributed by atoms with Gasteiger partial charge in [-0.05, 0) is 18.6 Å². The van der Waals surface area contributed by atoms with Crippen LogP contribution in [0, 0.1) is 6.92 Å². The third-order valence-corrected chi connectivity index (χ3v) is 3.04. The lowest BCUT2D eigenvalue weighted by molar-refractivity contribution is -0.125. The van der Waals surface area contributed by atoms with E-state index in [2.05, 4.69) is 4.98 Å². The SMILES string of the molecule is Cc1ccc(C2(CN)CC(F)(F)C2)nc1. The van der Waals surface area contributed by atoms with Gasteiger partial charge in [-0.15, -0.1) is 0 Å². The lowest BCUT2D eigenvalue weighted by Crippen LogP contribution is -2.54. The first kappa shape index (κ1) is 10.5. The van der Waals surface area contributed by atoms with E-state index in [4.69, 9.17) is 5.73 Å². The first-order valence-corrected chi connectivity index (χ1v) is 4.99. The molecule has 1 saturated carbocycles. The lowest BCUT2D eigenvalue weighted by Gasteiger charge is -2.46. The molecule has 1 fully saturated rings. The van der Waals surface area contributed by atoms with Crippen LogP contribution >= 0.6 is 0 Å². The van der Waals surface area contributed by atoms with Crippen molar-refractivity contribution in [2.75, 3.05) is 6.54 Å². The number of alkyl halides is 2. The monoisotopic (exact) mass is 212 g/mol. The van der Waals surface area contributed by atoms with Crippen LogP contribution in [0.2, 0.25) is 0 Å². The van der Waals surface area contributed by atoms with Crippen molar-refractivity contribution >= 4 is 0 Å². The molecule has 4 heteroatoms. The van der Waals surface area contributed by atoms with E-state index in [9.17, 15) is 8.78 Å². The zero-order valence-corrected chi connectivity index (χ0v) is 8.63. The molecular formula is C11H14F2N2. The summed E-state index contributed by atoms with van der Waals surface area (Å²) in [5, 5.41) is 0. The third kappa shape index (κ3) is 1.74. The molecule has 1 aliphatic rings. The fourth-order valence-electron chi connectivity index (χ4n) is 2.15. The van der Waals surface area contributed by atoms with E-state index in [0.29, 0.717) is 5.69 Å². The van der Waals surface area contributed by atoms with E-state index in [1.165, 1.54) is 0 Å². The fourth-order valence-corrected chi connectivity index (χ4v) is 2.15. The number of aromatic nitrogens is 1. The summed E-state index contributed by atoms with van der Waals surface area (Å²) in [7, 11) is 0. The Morgan fingerprint density at radius 3 is 2.47 bits per heavy atom. The van der Waals surface area contributed by atoms with Gasteiger partial charge in [-0.1, -0.05) is 6.07 Å². The maximum Gasteiger partial charge on any atom is 0.250 e. The van der Waals surface area contributed by atoms with Gasteiger partial charge in [-0.3, -0.25) is 4.98 Å². The van der Waals surface area contributed by atoms with Gasteiger partial charge >= 0.3 is 0 Å². The minimum atomic E-state index is -2.56. The van der Waals surface area contributed by atoms with Crippen molar-refractivity contribution in [1.82, 2.24) is 4.98 Å². The molecule has 15 heavy (non-hydrogen) atoms. The summed E-state index contributed by atoms with van der Waals surface area (Å²) >= 11 is 0. The molecule has 0 bridgehead atoms. The lowest BCUT2D eigenvalue weighted by atomic mass is 9.64. The summed E-state index contributed by atoms with van der Waals surface area (Å²) < 4.78 is 25.8. The molecule has 2 N–H and O–H groups in total. The smallest absolute Gasteiger partial charge is 0.250 e. The van der Waals surface area contributed by atoms with Gasteiger partial charge in [-0.25, -0.2) is 8.78 Å². The zero-order valence-electron chi connectivity index (χ0n) is 8.63. The fraction of sp³-hybridized carbons (Fsp3) is 0.545. The van der Waals surface area contributed by atoms with Gasteiger partial charge in [-0.2, -0.15) is 0 Å². The molecule has 0 atom stereocenters. The van der Waals surface area contributed by atoms with E-state index in [-0.39, 0.29) is 19.4 Å². The molecule has 0 spiro atoms. The van der Waals surface area contributed by atoms with Gasteiger partial charge < -0.3 is 5.73 Å². The predicted molar refractivity (Wildman–Crippen MR) is 53.9 cm³/mol. The molecule has 2 nitrogen and oxygen atoms in total. The van der Waals surface area contributed by atoms with E-state index in [0.717, 1.165) is 5.56 Å². The number of nitrogens with two attached hydrogens (primary N) is 1. The number of halogens is 2. The maximum absolute atomic E-state index is 12.9. The first-order chi connectivity index (χ1) is 6.97. The van der Waals surface area contributed by atoms with Crippen molar-refractivity contribution in [1.29, 1.82) is 0 Å². The van der Waals surface area contributed by atoms with Crippen molar-refractivity contribution in [2.24, 2.45) is 5.73 Å². The highest BCUT2D eigenvalue weighted by atomic mass is 19.3. The van der Waals surface area contributed by atoms with Gasteiger partial charge in [0.05, 0.1) is 0 Å². The predicted octanol–water partition coefficient (Wildman–Crippen LogP) is 2.02. The Morgan fingerprint density at radius 1 is 1.40 bits per heavy atom. The molecule has 0 saturated heterocycles. The highest BCUT2D eigenvalue weighted by molar-refractivity contribution is 5.26. The number of hydrogen-bond acceptors (Lipinski definition) is 2. The summed E-state index contributed by atoms with van der Waals surface area (Å²) in [6.07, 6.45) is 1.35. The summed E-state index contributed by atoms with van der Waals surface area (Å²) in [6, 6.07) is 3.69. The average molecular weight is 212 g/mol. The molecule has 1 aromatic heterocycles. The van der Waals surface area contributed by atoms with Gasteiger partial charge in [0, 0.05) is 36.7 Å². The number of rotatable bonds is 2. The number of nitrogens with zero attached hydrogens (tertiary/aromatic N) is 1. The molecule has 1 aromatic rings. The molecular weight excluding hydrogens is 198 g/mol. The minimum Gasteiger partial charge on any atom is -0.330 e. The average Bonchev–Trinajstić information content (AvgIpc) is 2.14. The van der Waals surface area contributed by atoms with Crippen molar-refractivity contribution in [2.45, 2.75) is 31.1 Å². The van der Waals surface area contributed by atoms with Gasteiger partial charge in [0.1, 0.15) is 0 Å². The minimum absolute atomic E-state index is 0.174. The van der Waals surface area contributed by atoms with Crippen LogP contribution in [0.3, 0.4) is 0 Å². The molecule has 1 heterocycles. The van der Waals surface area contributed by atoms with Crippen molar-refractivity contribution in [3.63, 3.8) is 0 Å². The van der Waals surface area contributed by atoms with Crippen LogP contribution in [0.5, 0.6) is 0 Å². The molecule has 0 unspecified atom stereocenters. The van der Waals surface area contributed by atoms with Crippen molar-refractivity contribution < 1.29 is 8.78 Å². The molecule has 1 aliphatic carbocycles. The highest BCUT2D eigenvalue weighted by Gasteiger charge is 2.57. The Hall–Kier alpha value is -1.03. The van der Waals surface area contributed by atoms with Crippen LogP contribution in [0.15, 0.2) is 18.3 Å². The molecule has 0 amide bonds. The molecule has 2 rings (SSSR count). The van der Waals surface area contributed by atoms with E-state index in [1.54, 1.807) is 12.3 Å². The van der Waals surface area contributed by atoms with Crippen LogP contribution in [0.4, 0.5) is 8.78 Å². The topological polar surface area (TPSA) is 38.9 Å². The summed E-state index contributed by atoms with van der Waals surface area (Å²) in [4.78, 5) is 4.20. The summed E-state index contributed by atoms with van der Waals surface area (Å²) in [6.45, 7) is 2.15. The van der Waals surface area contributed by atoms with Gasteiger partial charge in [0.25, 0.3) is 0 Å². The van der Waals surface area contributed by atoms with Crippen LogP contribution in [-0.2, 0) is 5.41 Å². The quantitative estimate of drug-likeness (QED) is 0.814. The summed E-state index contributed by atoms with van der Waals surface area (Å²) in [5.74, 6) is -2.56. The molecule has 0 radical (unpaired) electrons. The Morgan fingerprint density at radius 2 is 2.07 bits per heavy atom. The number of pyridine rings is 1. The second-order valence-electron chi connectivity index (χ2n) is 4.41. The second kappa shape index (κ2) is 3.23. The first-order valence-electron chi connectivity index (χ1n) is 4.99. The highest BCUT2D eigenvalue weighted by Crippen LogP contribution is 2.52. The van der Waals surface area contributed by atoms with Crippen molar-refractivity contribution in [3.8, 4) is 0 Å². The maximum atomic E-state index is 12.9. The summed E-state index contributed by atoms with van der Waals surface area (Å²) in [5.41, 5.74) is 6.71. The molecule has 0 aromatic carbocycles.